The molecule has 160 valence electrons. The van der Waals surface area contributed by atoms with Gasteiger partial charge in [-0.2, -0.15) is 13.2 Å². The number of benzene rings is 1. The first-order valence-electron chi connectivity index (χ1n) is 8.65. The van der Waals surface area contributed by atoms with Crippen LogP contribution in [0.25, 0.3) is 0 Å². The molecule has 3 N–H and O–H groups in total. The van der Waals surface area contributed by atoms with Crippen LogP contribution in [0.5, 0.6) is 0 Å². The van der Waals surface area contributed by atoms with Gasteiger partial charge in [-0.15, -0.1) is 0 Å². The van der Waals surface area contributed by atoms with Crippen LogP contribution in [0.1, 0.15) is 29.8 Å². The van der Waals surface area contributed by atoms with E-state index in [1.165, 1.54) is 19.1 Å². The van der Waals surface area contributed by atoms with Crippen molar-refractivity contribution in [2.45, 2.75) is 24.6 Å². The number of nitrogens with zero attached hydrogens (tertiary/aromatic N) is 3. The van der Waals surface area contributed by atoms with Crippen molar-refractivity contribution in [1.82, 2.24) is 20.2 Å². The molecule has 2 heterocycles. The van der Waals surface area contributed by atoms with Crippen LogP contribution in [-0.2, 0) is 11.0 Å². The maximum absolute atomic E-state index is 13.0. The van der Waals surface area contributed by atoms with Crippen molar-refractivity contribution >= 4 is 35.1 Å². The summed E-state index contributed by atoms with van der Waals surface area (Å²) in [6.45, 7) is 1.75. The lowest BCUT2D eigenvalue weighted by atomic mass is 9.74. The SMILES string of the molecule is CC1([C@@H](c2cnc(C(F)(F)F)nc2)c2ccc(Cl)c(Cl)c2)C(=O)NCCN1C(N)=O. The molecule has 12 heteroatoms. The van der Waals surface area contributed by atoms with E-state index in [0.717, 1.165) is 17.3 Å². The number of nitrogens with two attached hydrogens (primary N) is 1. The molecule has 1 saturated heterocycles. The molecule has 7 nitrogen and oxygen atoms in total. The molecule has 0 spiro atoms. The predicted octanol–water partition coefficient (Wildman–Crippen LogP) is 3.20. The average Bonchev–Trinajstić information content (AvgIpc) is 2.66. The number of carbonyl (C=O) groups is 2. The Morgan fingerprint density at radius 1 is 1.23 bits per heavy atom. The lowest BCUT2D eigenvalue weighted by Crippen LogP contribution is -2.68. The largest absolute Gasteiger partial charge is 0.451 e. The number of halogens is 5. The summed E-state index contributed by atoms with van der Waals surface area (Å²) >= 11 is 12.1. The van der Waals surface area contributed by atoms with Gasteiger partial charge in [-0.05, 0) is 30.2 Å². The Hall–Kier alpha value is -2.59. The van der Waals surface area contributed by atoms with Gasteiger partial charge in [0.15, 0.2) is 0 Å². The molecule has 1 aliphatic rings. The molecule has 0 bridgehead atoms. The highest BCUT2D eigenvalue weighted by atomic mass is 35.5. The van der Waals surface area contributed by atoms with Gasteiger partial charge in [0.05, 0.1) is 10.0 Å². The fraction of sp³-hybridized carbons (Fsp3) is 0.333. The number of aromatic nitrogens is 2. The van der Waals surface area contributed by atoms with Crippen LogP contribution < -0.4 is 11.1 Å². The van der Waals surface area contributed by atoms with Crippen molar-refractivity contribution in [3.05, 3.63) is 57.6 Å². The average molecular weight is 462 g/mol. The van der Waals surface area contributed by atoms with Crippen LogP contribution in [0, 0.1) is 0 Å². The minimum Gasteiger partial charge on any atom is -0.352 e. The van der Waals surface area contributed by atoms with E-state index in [4.69, 9.17) is 28.9 Å². The maximum Gasteiger partial charge on any atom is 0.451 e. The maximum atomic E-state index is 13.0. The highest BCUT2D eigenvalue weighted by molar-refractivity contribution is 6.42. The number of carbonyl (C=O) groups excluding carboxylic acids is 2. The number of hydrogen-bond acceptors (Lipinski definition) is 4. The molecule has 0 radical (unpaired) electrons. The quantitative estimate of drug-likeness (QED) is 0.732. The van der Waals surface area contributed by atoms with Crippen molar-refractivity contribution in [2.24, 2.45) is 5.73 Å². The van der Waals surface area contributed by atoms with E-state index in [2.05, 4.69) is 15.3 Å². The van der Waals surface area contributed by atoms with Crippen LogP contribution in [0.15, 0.2) is 30.6 Å². The lowest BCUT2D eigenvalue weighted by molar-refractivity contribution is -0.145. The van der Waals surface area contributed by atoms with E-state index in [-0.39, 0.29) is 28.7 Å². The van der Waals surface area contributed by atoms with Crippen molar-refractivity contribution in [3.63, 3.8) is 0 Å². The van der Waals surface area contributed by atoms with E-state index >= 15 is 0 Å². The van der Waals surface area contributed by atoms with E-state index < -0.39 is 35.4 Å². The van der Waals surface area contributed by atoms with Crippen LogP contribution in [0.2, 0.25) is 10.0 Å². The smallest absolute Gasteiger partial charge is 0.352 e. The fourth-order valence-corrected chi connectivity index (χ4v) is 3.91. The van der Waals surface area contributed by atoms with Gasteiger partial charge in [0.2, 0.25) is 11.7 Å². The van der Waals surface area contributed by atoms with E-state index in [1.54, 1.807) is 6.07 Å². The molecular weight excluding hydrogens is 446 g/mol. The van der Waals surface area contributed by atoms with Crippen LogP contribution in [0.3, 0.4) is 0 Å². The second-order valence-electron chi connectivity index (χ2n) is 6.84. The third-order valence-electron chi connectivity index (χ3n) is 5.01. The molecule has 1 fully saturated rings. The number of rotatable bonds is 3. The number of nitrogens with one attached hydrogen (secondary N) is 1. The molecule has 0 saturated carbocycles. The summed E-state index contributed by atoms with van der Waals surface area (Å²) in [5.74, 6) is -2.85. The topological polar surface area (TPSA) is 101 Å². The third-order valence-corrected chi connectivity index (χ3v) is 5.74. The first-order chi connectivity index (χ1) is 14.0. The number of primary amides is 1. The second kappa shape index (κ2) is 7.92. The Balaban J connectivity index is 2.22. The van der Waals surface area contributed by atoms with Crippen molar-refractivity contribution in [3.8, 4) is 0 Å². The standard InChI is InChI=1S/C18H16Cl2F3N5O2/c1-17(15(29)25-4-5-28(17)16(24)30)13(9-2-3-11(19)12(20)6-9)10-7-26-14(27-8-10)18(21,22)23/h2-3,6-8,13H,4-5H2,1H3,(H2,24,30)(H,25,29)/t13-,17?/m1/s1. The lowest BCUT2D eigenvalue weighted by Gasteiger charge is -2.47. The zero-order chi connectivity index (χ0) is 22.3. The monoisotopic (exact) mass is 461 g/mol. The minimum absolute atomic E-state index is 0.108. The summed E-state index contributed by atoms with van der Waals surface area (Å²) in [5, 5.41) is 3.08. The summed E-state index contributed by atoms with van der Waals surface area (Å²) in [7, 11) is 0. The van der Waals surface area contributed by atoms with Crippen molar-refractivity contribution in [2.75, 3.05) is 13.1 Å². The molecule has 1 unspecified atom stereocenters. The summed E-state index contributed by atoms with van der Waals surface area (Å²) in [6.07, 6.45) is -2.80. The Labute approximate surface area is 179 Å². The molecule has 2 atom stereocenters. The Morgan fingerprint density at radius 3 is 2.40 bits per heavy atom. The van der Waals surface area contributed by atoms with Gasteiger partial charge in [-0.25, -0.2) is 14.8 Å². The number of amides is 3. The van der Waals surface area contributed by atoms with Gasteiger partial charge in [0.25, 0.3) is 0 Å². The van der Waals surface area contributed by atoms with Gasteiger partial charge in [0.1, 0.15) is 5.54 Å². The zero-order valence-electron chi connectivity index (χ0n) is 15.5. The first-order valence-corrected chi connectivity index (χ1v) is 9.41. The zero-order valence-corrected chi connectivity index (χ0v) is 17.0. The summed E-state index contributed by atoms with van der Waals surface area (Å²) in [5.41, 5.74) is 4.50. The van der Waals surface area contributed by atoms with Gasteiger partial charge >= 0.3 is 12.2 Å². The summed E-state index contributed by atoms with van der Waals surface area (Å²) in [4.78, 5) is 33.0. The molecule has 0 aliphatic carbocycles. The highest BCUT2D eigenvalue weighted by Crippen LogP contribution is 2.41. The Morgan fingerprint density at radius 2 is 1.87 bits per heavy atom. The van der Waals surface area contributed by atoms with Crippen molar-refractivity contribution in [1.29, 1.82) is 0 Å². The summed E-state index contributed by atoms with van der Waals surface area (Å²) < 4.78 is 38.7. The van der Waals surface area contributed by atoms with Crippen LogP contribution in [-0.4, -0.2) is 45.4 Å². The number of hydrogen-bond donors (Lipinski definition) is 2. The molecular formula is C18H16Cl2F3N5O2. The second-order valence-corrected chi connectivity index (χ2v) is 7.65. The first kappa shape index (κ1) is 22.1. The van der Waals surface area contributed by atoms with E-state index in [0.29, 0.717) is 5.56 Å². The van der Waals surface area contributed by atoms with Crippen LogP contribution >= 0.6 is 23.2 Å². The van der Waals surface area contributed by atoms with Crippen LogP contribution in [0.4, 0.5) is 18.0 Å². The normalized spacial score (nSPS) is 20.6. The van der Waals surface area contributed by atoms with E-state index in [9.17, 15) is 22.8 Å². The number of piperazine rings is 1. The Bertz CT molecular complexity index is 987. The summed E-state index contributed by atoms with van der Waals surface area (Å²) in [6, 6.07) is 3.65. The Kier molecular flexibility index (Phi) is 5.83. The third kappa shape index (κ3) is 3.89. The van der Waals surface area contributed by atoms with E-state index in [1.807, 2.05) is 0 Å². The van der Waals surface area contributed by atoms with Crippen molar-refractivity contribution < 1.29 is 22.8 Å². The minimum atomic E-state index is -4.73. The molecule has 3 rings (SSSR count). The molecule has 1 aromatic carbocycles. The predicted molar refractivity (Wildman–Crippen MR) is 103 cm³/mol. The van der Waals surface area contributed by atoms with Gasteiger partial charge in [-0.3, -0.25) is 4.79 Å². The van der Waals surface area contributed by atoms with Gasteiger partial charge < -0.3 is 16.0 Å². The number of urea groups is 1. The number of alkyl halides is 3. The molecule has 1 aromatic heterocycles. The fourth-order valence-electron chi connectivity index (χ4n) is 3.61. The molecule has 1 aliphatic heterocycles. The molecule has 3 amide bonds. The molecule has 2 aromatic rings. The highest BCUT2D eigenvalue weighted by Gasteiger charge is 2.51. The van der Waals surface area contributed by atoms with Gasteiger partial charge in [-0.1, -0.05) is 29.3 Å². The van der Waals surface area contributed by atoms with Gasteiger partial charge in [0, 0.05) is 31.4 Å². The molecule has 30 heavy (non-hydrogen) atoms.